The van der Waals surface area contributed by atoms with Crippen LogP contribution in [0.2, 0.25) is 0 Å². The fraction of sp³-hybridized carbons (Fsp3) is 0.0154. The van der Waals surface area contributed by atoms with Crippen LogP contribution in [-0.4, -0.2) is 46.5 Å². The monoisotopic (exact) mass is 2260 g/mol. The van der Waals surface area contributed by atoms with E-state index in [1.54, 1.807) is 0 Å². The molecule has 27 aromatic rings. The Labute approximate surface area is 906 Å². The van der Waals surface area contributed by atoms with Crippen molar-refractivity contribution < 1.29 is 0 Å². The van der Waals surface area contributed by atoms with Gasteiger partial charge in [0.15, 0.2) is 0 Å². The number of nitrogen functional groups attached to an aromatic ring is 1. The summed E-state index contributed by atoms with van der Waals surface area (Å²) in [5, 5.41) is 32.0. The molecule has 0 fully saturated rings. The molecule has 0 bridgehead atoms. The molecule has 687 valence electrons. The van der Waals surface area contributed by atoms with Gasteiger partial charge in [-0.3, -0.25) is 0 Å². The Kier molecular flexibility index (Phi) is 31.3. The van der Waals surface area contributed by atoms with Crippen LogP contribution in [-0.2, 0) is 0 Å². The quantitative estimate of drug-likeness (QED) is 0.0446. The lowest BCUT2D eigenvalue weighted by Gasteiger charge is -2.27. The maximum atomic E-state index is 5.81. The smallest absolute Gasteiger partial charge is 0.0554 e. The van der Waals surface area contributed by atoms with Crippen molar-refractivity contribution in [3.05, 3.63) is 506 Å². The van der Waals surface area contributed by atoms with E-state index in [1.165, 1.54) is 220 Å². The maximum absolute atomic E-state index is 5.81. The van der Waals surface area contributed by atoms with Crippen LogP contribution in [0.15, 0.2) is 506 Å². The van der Waals surface area contributed by atoms with Gasteiger partial charge < -0.3 is 16.0 Å². The van der Waals surface area contributed by atoms with E-state index >= 15 is 0 Å². The minimum atomic E-state index is -0.463. The van der Waals surface area contributed by atoms with E-state index in [0.29, 0.717) is 0 Å². The molecule has 24 aromatic carbocycles. The molecule has 3 nitrogen and oxygen atoms in total. The van der Waals surface area contributed by atoms with Gasteiger partial charge in [-0.25, -0.2) is 0 Å². The highest BCUT2D eigenvalue weighted by Gasteiger charge is 2.22. The molecule has 0 saturated heterocycles. The third kappa shape index (κ3) is 21.5. The van der Waals surface area contributed by atoms with E-state index in [0.717, 1.165) is 32.9 Å². The lowest BCUT2D eigenvalue weighted by Crippen LogP contribution is -2.23. The van der Waals surface area contributed by atoms with Crippen molar-refractivity contribution >= 4 is 329 Å². The van der Waals surface area contributed by atoms with E-state index < -0.39 is 6.39 Å². The molecule has 145 heavy (non-hydrogen) atoms. The number of hydrogen-bond acceptors (Lipinski definition) is 6. The number of hydrogen-bond donors (Lipinski definition) is 2. The van der Waals surface area contributed by atoms with Crippen molar-refractivity contribution in [2.75, 3.05) is 25.8 Å². The van der Waals surface area contributed by atoms with Crippen molar-refractivity contribution in [3.8, 4) is 55.6 Å². The zero-order valence-corrected chi connectivity index (χ0v) is 89.4. The average Bonchev–Trinajstić information content (AvgIpc) is 1.66. The fourth-order valence-electron chi connectivity index (χ4n) is 19.4. The highest BCUT2D eigenvalue weighted by molar-refractivity contribution is 14.1. The van der Waals surface area contributed by atoms with Gasteiger partial charge in [-0.2, -0.15) is 0 Å². The Morgan fingerprint density at radius 1 is 0.262 bits per heavy atom. The third-order valence-corrected chi connectivity index (χ3v) is 30.8. The Hall–Kier alpha value is -13.8. The Balaban J connectivity index is 0.000000116. The number of halogens is 4. The number of nitrogens with one attached hydrogen (secondary N) is 1. The number of benzene rings is 24. The molecule has 0 atom stereocenters. The van der Waals surface area contributed by atoms with Gasteiger partial charge in [-0.05, 0) is 297 Å². The van der Waals surface area contributed by atoms with Crippen LogP contribution >= 0.6 is 111 Å². The number of anilines is 6. The molecule has 15 heteroatoms. The molecule has 0 aliphatic heterocycles. The zero-order valence-electron chi connectivity index (χ0n) is 79.5. The molecule has 3 heterocycles. The van der Waals surface area contributed by atoms with E-state index in [2.05, 4.69) is 573 Å². The van der Waals surface area contributed by atoms with Crippen molar-refractivity contribution in [3.63, 3.8) is 0 Å². The summed E-state index contributed by atoms with van der Waals surface area (Å²) in [5.41, 5.74) is 24.6. The van der Waals surface area contributed by atoms with Crippen molar-refractivity contribution in [2.45, 2.75) is 0 Å². The molecular formula is C130H91B5Br2I2N3S3. The molecule has 0 amide bonds. The number of thiophene rings is 3. The summed E-state index contributed by atoms with van der Waals surface area (Å²) >= 11 is 16.9. The predicted molar refractivity (Wildman–Crippen MR) is 671 cm³/mol. The standard InChI is InChI=1S/C48H31NS.C32H21NS.C20H15N.C16H11Br.C12H7BrS.2CH3I.B5/c1-2-11-35-30-36(21-20-32(35)10-1)33-22-26-38(27-23-33)49(45-17-9-19-47-48(45)43-16-7-8-18-46(43)50-47)39-28-24-34(25-29-39)44-31-37-12-3-4-13-40(37)41-14-5-6-15-42(41)44;1-2-9-24-22(8-1)20-28(26-11-4-3-10-25(24)26)21-16-18-23(19-17-21)33-29-13-7-15-31-32(29)27-12-5-6-14-30(27)34-31;21-16-11-9-14(10-12-16)20-13-15-5-1-2-6-17(15)18-7-3-4-8-19(18)20;17-16-9-7-13(8-10-16)15-6-5-12-3-1-2-4-14(12)11-15;13-9-5-3-7-11-12(9)8-4-1-2-6-10(8)14-11;2*1-2;1-4-5(2)3/h1-31H;1-20,33H;1-13H,21H2;1-11H;1-7H;2*1H3;. The molecule has 0 aliphatic carbocycles. The summed E-state index contributed by atoms with van der Waals surface area (Å²) < 4.78 is 10.2. The average molecular weight is 2260 g/mol. The molecule has 0 aliphatic rings. The van der Waals surface area contributed by atoms with Crippen LogP contribution in [0.4, 0.5) is 34.1 Å². The predicted octanol–water partition coefficient (Wildman–Crippen LogP) is 39.6. The topological polar surface area (TPSA) is 41.3 Å². The molecule has 0 unspecified atom stereocenters. The number of nitrogens with two attached hydrogens (primary N) is 1. The lowest BCUT2D eigenvalue weighted by molar-refractivity contribution is 1.30. The first kappa shape index (κ1) is 98.6. The van der Waals surface area contributed by atoms with Gasteiger partial charge in [0, 0.05) is 135 Å². The summed E-state index contributed by atoms with van der Waals surface area (Å²) in [5.74, 6) is 0. The van der Waals surface area contributed by atoms with E-state index in [9.17, 15) is 0 Å². The molecule has 27 rings (SSSR count). The second-order valence-corrected chi connectivity index (χ2v) is 40.0. The molecule has 0 spiro atoms. The summed E-state index contributed by atoms with van der Waals surface area (Å²) in [6.45, 7) is 0. The van der Waals surface area contributed by atoms with E-state index in [4.69, 9.17) is 28.9 Å². The first-order valence-electron chi connectivity index (χ1n) is 47.8. The fourth-order valence-corrected chi connectivity index (χ4v) is 23.7. The highest BCUT2D eigenvalue weighted by Crippen LogP contribution is 2.49. The molecular weight excluding hydrogens is 2170 g/mol. The maximum Gasteiger partial charge on any atom is 0.0554 e. The van der Waals surface area contributed by atoms with Gasteiger partial charge in [0.1, 0.15) is 0 Å². The first-order chi connectivity index (χ1) is 71.4. The van der Waals surface area contributed by atoms with Crippen LogP contribution < -0.4 is 16.0 Å². The van der Waals surface area contributed by atoms with Gasteiger partial charge in [-0.15, -0.1) is 34.0 Å². The number of alkyl halides is 2. The summed E-state index contributed by atoms with van der Waals surface area (Å²) in [6.07, 6.45) is -0.463. The van der Waals surface area contributed by atoms with Crippen LogP contribution in [0, 0.1) is 0 Å². The van der Waals surface area contributed by atoms with Crippen molar-refractivity contribution in [2.24, 2.45) is 0 Å². The Bertz CT molecular complexity index is 9310. The Morgan fingerprint density at radius 2 is 0.559 bits per heavy atom. The van der Waals surface area contributed by atoms with Gasteiger partial charge >= 0.3 is 0 Å². The van der Waals surface area contributed by atoms with Crippen LogP contribution in [0.5, 0.6) is 0 Å². The summed E-state index contributed by atoms with van der Waals surface area (Å²) in [7, 11) is 15.8. The van der Waals surface area contributed by atoms with Gasteiger partial charge in [0.05, 0.1) is 5.69 Å². The van der Waals surface area contributed by atoms with Crippen molar-refractivity contribution in [1.29, 1.82) is 0 Å². The minimum Gasteiger partial charge on any atom is -0.399 e. The first-order valence-corrected chi connectivity index (χ1v) is 56.1. The molecule has 0 saturated carbocycles. The van der Waals surface area contributed by atoms with E-state index in [1.807, 2.05) is 56.0 Å². The lowest BCUT2D eigenvalue weighted by atomic mass is 8.97. The zero-order chi connectivity index (χ0) is 99.2. The SMILES string of the molecule is Brc1ccc(-c2ccc3ccccc3c2)cc1.Brc1cccc2sc3ccccc3c12.CI.CI.Nc1ccc(-c2cc3ccccc3c3ccccc23)cc1.[B][B]B([B])[B].c1ccc2c(c1)cc(-c1ccc(Nc3cccc4sc5ccccc5c34)cc1)c1ccccc12.c1ccc2cc(-c3ccc(N(c4ccc(-c5cc6ccccc6c6ccccc56)cc4)c4cccc5sc6ccccc6c45)cc3)ccc2c1. The third-order valence-electron chi connectivity index (χ3n) is 26.2. The second-order valence-electron chi connectivity index (χ2n) is 35.0. The summed E-state index contributed by atoms with van der Waals surface area (Å²) in [4.78, 5) is 6.36. The largest absolute Gasteiger partial charge is 0.399 e. The number of rotatable bonds is 11. The van der Waals surface area contributed by atoms with Gasteiger partial charge in [-0.1, -0.05) is 429 Å². The van der Waals surface area contributed by atoms with Crippen molar-refractivity contribution in [1.82, 2.24) is 0 Å². The summed E-state index contributed by atoms with van der Waals surface area (Å²) in [6, 6.07) is 178. The van der Waals surface area contributed by atoms with Gasteiger partial charge in [0.2, 0.25) is 0 Å². The molecule has 3 N–H and O–H groups in total. The minimum absolute atomic E-state index is 0.463. The van der Waals surface area contributed by atoms with E-state index in [-0.39, 0.29) is 0 Å². The molecule has 7 radical (unpaired) electrons. The van der Waals surface area contributed by atoms with Crippen LogP contribution in [0.1, 0.15) is 0 Å². The van der Waals surface area contributed by atoms with Gasteiger partial charge in [0.25, 0.3) is 0 Å². The second kappa shape index (κ2) is 46.0. The number of nitrogens with zero attached hydrogens (tertiary/aromatic N) is 1. The number of fused-ring (bicyclic) bond motifs is 20. The molecule has 3 aromatic heterocycles. The highest BCUT2D eigenvalue weighted by atomic mass is 127. The normalized spacial score (nSPS) is 10.9. The Morgan fingerprint density at radius 3 is 0.979 bits per heavy atom. The van der Waals surface area contributed by atoms with Crippen LogP contribution in [0.25, 0.3) is 202 Å². The van der Waals surface area contributed by atoms with Crippen LogP contribution in [0.3, 0.4) is 0 Å².